The third kappa shape index (κ3) is 2.91. The van der Waals surface area contributed by atoms with Gasteiger partial charge in [-0.2, -0.15) is 5.10 Å². The van der Waals surface area contributed by atoms with Gasteiger partial charge in [0.05, 0.1) is 6.04 Å². The lowest BCUT2D eigenvalue weighted by atomic mass is 10.1. The number of nitrogens with one attached hydrogen (secondary N) is 2. The lowest BCUT2D eigenvalue weighted by Crippen LogP contribution is -2.23. The zero-order valence-electron chi connectivity index (χ0n) is 10.2. The first-order valence-corrected chi connectivity index (χ1v) is 5.86. The second-order valence-electron chi connectivity index (χ2n) is 3.97. The second kappa shape index (κ2) is 5.58. The number of hydrogen-bond acceptors (Lipinski definition) is 4. The molecule has 0 spiro atoms. The van der Waals surface area contributed by atoms with Crippen molar-refractivity contribution in [3.05, 3.63) is 30.4 Å². The SMILES string of the molecule is CCNC(CCc1nccn1C)c1ncn[nH]1. The van der Waals surface area contributed by atoms with Crippen molar-refractivity contribution >= 4 is 0 Å². The quantitative estimate of drug-likeness (QED) is 0.776. The molecule has 0 bridgehead atoms. The Morgan fingerprint density at radius 1 is 1.47 bits per heavy atom. The van der Waals surface area contributed by atoms with Crippen LogP contribution in [0.4, 0.5) is 0 Å². The van der Waals surface area contributed by atoms with Gasteiger partial charge in [0.2, 0.25) is 0 Å². The van der Waals surface area contributed by atoms with Crippen molar-refractivity contribution in [2.24, 2.45) is 7.05 Å². The maximum Gasteiger partial charge on any atom is 0.141 e. The van der Waals surface area contributed by atoms with Crippen LogP contribution in [0.3, 0.4) is 0 Å². The van der Waals surface area contributed by atoms with Crippen molar-refractivity contribution in [2.75, 3.05) is 6.54 Å². The van der Waals surface area contributed by atoms with Gasteiger partial charge in [-0.3, -0.25) is 5.10 Å². The Morgan fingerprint density at radius 2 is 2.35 bits per heavy atom. The minimum Gasteiger partial charge on any atom is -0.338 e. The third-order valence-corrected chi connectivity index (χ3v) is 2.79. The average Bonchev–Trinajstić information content (AvgIpc) is 2.96. The molecule has 0 saturated heterocycles. The number of nitrogens with zero attached hydrogens (tertiary/aromatic N) is 4. The number of aromatic nitrogens is 5. The van der Waals surface area contributed by atoms with Crippen molar-refractivity contribution in [3.8, 4) is 0 Å². The molecule has 0 aliphatic rings. The van der Waals surface area contributed by atoms with Crippen LogP contribution >= 0.6 is 0 Å². The van der Waals surface area contributed by atoms with Gasteiger partial charge >= 0.3 is 0 Å². The van der Waals surface area contributed by atoms with Crippen LogP contribution in [0.2, 0.25) is 0 Å². The van der Waals surface area contributed by atoms with Crippen LogP contribution in [0.25, 0.3) is 0 Å². The molecule has 0 saturated carbocycles. The zero-order chi connectivity index (χ0) is 12.1. The first-order chi connectivity index (χ1) is 8.31. The predicted octanol–water partition coefficient (Wildman–Crippen LogP) is 0.822. The molecule has 6 nitrogen and oxygen atoms in total. The highest BCUT2D eigenvalue weighted by atomic mass is 15.2. The van der Waals surface area contributed by atoms with E-state index in [2.05, 4.69) is 32.4 Å². The number of H-pyrrole nitrogens is 1. The summed E-state index contributed by atoms with van der Waals surface area (Å²) in [5, 5.41) is 10.2. The number of aryl methyl sites for hydroxylation is 2. The molecular weight excluding hydrogens is 216 g/mol. The average molecular weight is 234 g/mol. The zero-order valence-corrected chi connectivity index (χ0v) is 10.2. The molecule has 0 radical (unpaired) electrons. The van der Waals surface area contributed by atoms with E-state index in [9.17, 15) is 0 Å². The van der Waals surface area contributed by atoms with Gasteiger partial charge in [-0.1, -0.05) is 6.92 Å². The normalized spacial score (nSPS) is 12.8. The van der Waals surface area contributed by atoms with Crippen LogP contribution in [0.5, 0.6) is 0 Å². The molecule has 2 N–H and O–H groups in total. The molecule has 0 amide bonds. The van der Waals surface area contributed by atoms with Crippen molar-refractivity contribution in [2.45, 2.75) is 25.8 Å². The molecule has 1 atom stereocenters. The van der Waals surface area contributed by atoms with Crippen LogP contribution in [0.15, 0.2) is 18.7 Å². The smallest absolute Gasteiger partial charge is 0.141 e. The first kappa shape index (κ1) is 11.8. The number of aromatic amines is 1. The maximum absolute atomic E-state index is 4.32. The number of imidazole rings is 1. The molecule has 2 aromatic heterocycles. The highest BCUT2D eigenvalue weighted by molar-refractivity contribution is 4.96. The van der Waals surface area contributed by atoms with Gasteiger partial charge in [-0.25, -0.2) is 9.97 Å². The fraction of sp³-hybridized carbons (Fsp3) is 0.545. The Labute approximate surface area is 100 Å². The Morgan fingerprint density at radius 3 is 2.94 bits per heavy atom. The van der Waals surface area contributed by atoms with Crippen LogP contribution in [-0.4, -0.2) is 31.3 Å². The maximum atomic E-state index is 4.32. The minimum atomic E-state index is 0.208. The molecule has 0 aliphatic heterocycles. The third-order valence-electron chi connectivity index (χ3n) is 2.79. The van der Waals surface area contributed by atoms with E-state index in [1.165, 1.54) is 0 Å². The molecule has 92 valence electrons. The van der Waals surface area contributed by atoms with Gasteiger partial charge in [-0.15, -0.1) is 0 Å². The summed E-state index contributed by atoms with van der Waals surface area (Å²) in [6, 6.07) is 0.208. The number of rotatable bonds is 6. The largest absolute Gasteiger partial charge is 0.338 e. The minimum absolute atomic E-state index is 0.208. The molecule has 2 heterocycles. The molecule has 0 aliphatic carbocycles. The Kier molecular flexibility index (Phi) is 3.87. The predicted molar refractivity (Wildman–Crippen MR) is 64.3 cm³/mol. The summed E-state index contributed by atoms with van der Waals surface area (Å²) in [5.74, 6) is 1.98. The van der Waals surface area contributed by atoms with Crippen molar-refractivity contribution in [1.82, 2.24) is 30.0 Å². The molecule has 6 heteroatoms. The van der Waals surface area contributed by atoms with Crippen molar-refractivity contribution < 1.29 is 0 Å². The Bertz CT molecular complexity index is 433. The summed E-state index contributed by atoms with van der Waals surface area (Å²) < 4.78 is 2.05. The van der Waals surface area contributed by atoms with E-state index in [4.69, 9.17) is 0 Å². The van der Waals surface area contributed by atoms with Crippen LogP contribution in [-0.2, 0) is 13.5 Å². The molecule has 2 aromatic rings. The number of hydrogen-bond donors (Lipinski definition) is 2. The molecular formula is C11H18N6. The molecule has 1 unspecified atom stereocenters. The summed E-state index contributed by atoms with van der Waals surface area (Å²) in [7, 11) is 2.01. The lowest BCUT2D eigenvalue weighted by molar-refractivity contribution is 0.484. The van der Waals surface area contributed by atoms with Gasteiger partial charge in [0.15, 0.2) is 0 Å². The van der Waals surface area contributed by atoms with E-state index >= 15 is 0 Å². The van der Waals surface area contributed by atoms with Gasteiger partial charge in [0.1, 0.15) is 18.0 Å². The summed E-state index contributed by atoms with van der Waals surface area (Å²) in [4.78, 5) is 8.52. The van der Waals surface area contributed by atoms with E-state index in [1.807, 2.05) is 24.0 Å². The fourth-order valence-electron chi connectivity index (χ4n) is 1.88. The van der Waals surface area contributed by atoms with Gasteiger partial charge in [-0.05, 0) is 13.0 Å². The van der Waals surface area contributed by atoms with E-state index in [1.54, 1.807) is 6.33 Å². The van der Waals surface area contributed by atoms with Gasteiger partial charge < -0.3 is 9.88 Å². The molecule has 2 rings (SSSR count). The summed E-state index contributed by atoms with van der Waals surface area (Å²) >= 11 is 0. The monoisotopic (exact) mass is 234 g/mol. The van der Waals surface area contributed by atoms with Crippen molar-refractivity contribution in [3.63, 3.8) is 0 Å². The summed E-state index contributed by atoms with van der Waals surface area (Å²) in [6.07, 6.45) is 7.20. The standard InChI is InChI=1S/C11H18N6/c1-3-12-9(11-14-8-15-16-11)4-5-10-13-6-7-17(10)2/h6-9,12H,3-5H2,1-2H3,(H,14,15,16). The van der Waals surface area contributed by atoms with E-state index in [0.29, 0.717) is 0 Å². The van der Waals surface area contributed by atoms with E-state index in [0.717, 1.165) is 31.0 Å². The molecule has 0 aromatic carbocycles. The van der Waals surface area contributed by atoms with Gasteiger partial charge in [0, 0.05) is 25.9 Å². The van der Waals surface area contributed by atoms with E-state index in [-0.39, 0.29) is 6.04 Å². The molecule has 17 heavy (non-hydrogen) atoms. The van der Waals surface area contributed by atoms with Crippen LogP contribution < -0.4 is 5.32 Å². The first-order valence-electron chi connectivity index (χ1n) is 5.86. The highest BCUT2D eigenvalue weighted by Crippen LogP contribution is 2.14. The fourth-order valence-corrected chi connectivity index (χ4v) is 1.88. The topological polar surface area (TPSA) is 71.4 Å². The summed E-state index contributed by atoms with van der Waals surface area (Å²) in [5.41, 5.74) is 0. The summed E-state index contributed by atoms with van der Waals surface area (Å²) in [6.45, 7) is 3.00. The second-order valence-corrected chi connectivity index (χ2v) is 3.97. The molecule has 0 fully saturated rings. The Hall–Kier alpha value is -1.69. The highest BCUT2D eigenvalue weighted by Gasteiger charge is 2.14. The van der Waals surface area contributed by atoms with Gasteiger partial charge in [0.25, 0.3) is 0 Å². The van der Waals surface area contributed by atoms with Crippen molar-refractivity contribution in [1.29, 1.82) is 0 Å². The van der Waals surface area contributed by atoms with Crippen LogP contribution in [0, 0.1) is 0 Å². The Balaban J connectivity index is 1.97. The lowest BCUT2D eigenvalue weighted by Gasteiger charge is -2.14. The van der Waals surface area contributed by atoms with E-state index < -0.39 is 0 Å². The van der Waals surface area contributed by atoms with Crippen LogP contribution in [0.1, 0.15) is 31.0 Å².